The Morgan fingerprint density at radius 1 is 1.04 bits per heavy atom. The summed E-state index contributed by atoms with van der Waals surface area (Å²) in [5, 5.41) is 0.532. The van der Waals surface area contributed by atoms with E-state index in [-0.39, 0.29) is 10.9 Å². The second kappa shape index (κ2) is 6.23. The van der Waals surface area contributed by atoms with Crippen LogP contribution in [-0.4, -0.2) is 35.1 Å². The zero-order chi connectivity index (χ0) is 18.1. The summed E-state index contributed by atoms with van der Waals surface area (Å²) in [7, 11) is -3.96. The average Bonchev–Trinajstić information content (AvgIpc) is 3.07. The summed E-state index contributed by atoms with van der Waals surface area (Å²) in [5.41, 5.74) is 1.58. The van der Waals surface area contributed by atoms with Crippen LogP contribution in [0.4, 0.5) is 0 Å². The van der Waals surface area contributed by atoms with Crippen molar-refractivity contribution in [3.63, 3.8) is 0 Å². The number of ether oxygens (including phenoxy) is 1. The van der Waals surface area contributed by atoms with Gasteiger partial charge in [0.1, 0.15) is 5.52 Å². The average molecular weight is 367 g/mol. The minimum atomic E-state index is -3.96. The predicted molar refractivity (Wildman–Crippen MR) is 95.5 cm³/mol. The third-order valence-corrected chi connectivity index (χ3v) is 5.19. The molecule has 0 amide bonds. The van der Waals surface area contributed by atoms with Gasteiger partial charge in [0.25, 0.3) is 0 Å². The number of H-pyrrole nitrogens is 1. The fourth-order valence-corrected chi connectivity index (χ4v) is 3.62. The highest BCUT2D eigenvalue weighted by Gasteiger charge is 2.25. The topological polar surface area (TPSA) is 102 Å². The lowest BCUT2D eigenvalue weighted by molar-refractivity contribution is -0.131. The van der Waals surface area contributed by atoms with Crippen LogP contribution in [-0.2, 0) is 14.6 Å². The molecule has 7 nitrogen and oxygen atoms in total. The Morgan fingerprint density at radius 3 is 2.69 bits per heavy atom. The van der Waals surface area contributed by atoms with Gasteiger partial charge in [-0.15, -0.1) is 0 Å². The minimum Gasteiger partial charge on any atom is -0.423 e. The van der Waals surface area contributed by atoms with E-state index in [4.69, 9.17) is 4.74 Å². The summed E-state index contributed by atoms with van der Waals surface area (Å²) in [6.45, 7) is 0. The van der Waals surface area contributed by atoms with E-state index in [1.54, 1.807) is 48.7 Å². The molecule has 0 spiro atoms. The second-order valence-corrected chi connectivity index (χ2v) is 7.53. The largest absolute Gasteiger partial charge is 0.423 e. The number of rotatable bonds is 4. The lowest BCUT2D eigenvalue weighted by Crippen LogP contribution is -2.22. The Kier molecular flexibility index (Phi) is 3.89. The Hall–Kier alpha value is -3.26. The predicted octanol–water partition coefficient (Wildman–Crippen LogP) is 2.49. The fourth-order valence-electron chi connectivity index (χ4n) is 2.61. The second-order valence-electron chi connectivity index (χ2n) is 5.62. The summed E-state index contributed by atoms with van der Waals surface area (Å²) in [6, 6.07) is 15.6. The first-order valence-corrected chi connectivity index (χ1v) is 9.40. The Bertz CT molecular complexity index is 1190. The normalized spacial score (nSPS) is 11.7. The number of carbonyl (C=O) groups is 1. The number of aromatic nitrogens is 3. The highest BCUT2D eigenvalue weighted by Crippen LogP contribution is 2.23. The number of hydrogen-bond acceptors (Lipinski definition) is 6. The zero-order valence-electron chi connectivity index (χ0n) is 13.4. The molecule has 130 valence electrons. The number of para-hydroxylation sites is 3. The van der Waals surface area contributed by atoms with Gasteiger partial charge in [-0.3, -0.25) is 9.78 Å². The monoisotopic (exact) mass is 367 g/mol. The highest BCUT2D eigenvalue weighted by atomic mass is 32.2. The van der Waals surface area contributed by atoms with Crippen molar-refractivity contribution >= 4 is 37.7 Å². The quantitative estimate of drug-likeness (QED) is 0.439. The Balaban J connectivity index is 1.58. The van der Waals surface area contributed by atoms with E-state index in [9.17, 15) is 13.2 Å². The van der Waals surface area contributed by atoms with Gasteiger partial charge in [0, 0.05) is 11.6 Å². The van der Waals surface area contributed by atoms with E-state index in [1.807, 2.05) is 12.1 Å². The number of pyridine rings is 1. The summed E-state index contributed by atoms with van der Waals surface area (Å²) >= 11 is 0. The minimum absolute atomic E-state index is 0.216. The highest BCUT2D eigenvalue weighted by molar-refractivity contribution is 7.91. The van der Waals surface area contributed by atoms with Crippen molar-refractivity contribution in [2.45, 2.75) is 5.16 Å². The van der Waals surface area contributed by atoms with Gasteiger partial charge in [0.05, 0.1) is 11.0 Å². The van der Waals surface area contributed by atoms with E-state index in [0.29, 0.717) is 16.6 Å². The summed E-state index contributed by atoms with van der Waals surface area (Å²) in [4.78, 5) is 23.1. The van der Waals surface area contributed by atoms with E-state index in [1.165, 1.54) is 0 Å². The molecule has 0 saturated carbocycles. The number of carbonyl (C=O) groups excluding carboxylic acids is 1. The van der Waals surface area contributed by atoms with Crippen LogP contribution in [0.3, 0.4) is 0 Å². The number of fused-ring (bicyclic) bond motifs is 2. The van der Waals surface area contributed by atoms with Crippen LogP contribution in [0.15, 0.2) is 66.0 Å². The van der Waals surface area contributed by atoms with Gasteiger partial charge in [-0.2, -0.15) is 0 Å². The van der Waals surface area contributed by atoms with Crippen LogP contribution >= 0.6 is 0 Å². The number of nitrogens with zero attached hydrogens (tertiary/aromatic N) is 2. The molecule has 0 saturated heterocycles. The SMILES string of the molecule is O=C(CS(=O)(=O)c1nc2ccccc2[nH]1)Oc1cccc2cccnc12. The number of imidazole rings is 1. The standard InChI is InChI=1S/C18H13N3O4S/c22-16(25-15-9-3-5-12-6-4-10-19-17(12)15)11-26(23,24)18-20-13-7-1-2-8-14(13)21-18/h1-10H,11H2,(H,20,21). The lowest BCUT2D eigenvalue weighted by atomic mass is 10.2. The first kappa shape index (κ1) is 16.2. The molecule has 0 fully saturated rings. The van der Waals surface area contributed by atoms with E-state index >= 15 is 0 Å². The molecule has 0 atom stereocenters. The number of benzene rings is 2. The van der Waals surface area contributed by atoms with Crippen molar-refractivity contribution in [3.8, 4) is 5.75 Å². The summed E-state index contributed by atoms with van der Waals surface area (Å²) in [5.74, 6) is -1.51. The molecule has 2 aromatic heterocycles. The third-order valence-electron chi connectivity index (χ3n) is 3.79. The van der Waals surface area contributed by atoms with Crippen molar-refractivity contribution < 1.29 is 17.9 Å². The summed E-state index contributed by atoms with van der Waals surface area (Å²) in [6.07, 6.45) is 1.57. The van der Waals surface area contributed by atoms with Crippen molar-refractivity contribution in [3.05, 3.63) is 60.8 Å². The molecule has 8 heteroatoms. The molecular formula is C18H13N3O4S. The van der Waals surface area contributed by atoms with Crippen LogP contribution in [0, 0.1) is 0 Å². The maximum atomic E-state index is 12.5. The molecular weight excluding hydrogens is 354 g/mol. The van der Waals surface area contributed by atoms with Gasteiger partial charge < -0.3 is 9.72 Å². The first-order valence-electron chi connectivity index (χ1n) is 7.75. The van der Waals surface area contributed by atoms with Gasteiger partial charge in [-0.1, -0.05) is 30.3 Å². The van der Waals surface area contributed by atoms with Gasteiger partial charge in [-0.05, 0) is 24.3 Å². The van der Waals surface area contributed by atoms with Crippen molar-refractivity contribution in [2.75, 3.05) is 5.75 Å². The van der Waals surface area contributed by atoms with Crippen LogP contribution < -0.4 is 4.74 Å². The number of sulfone groups is 1. The molecule has 0 aliphatic carbocycles. The van der Waals surface area contributed by atoms with Crippen LogP contribution in [0.25, 0.3) is 21.9 Å². The molecule has 2 aromatic carbocycles. The van der Waals surface area contributed by atoms with E-state index in [2.05, 4.69) is 15.0 Å². The van der Waals surface area contributed by atoms with Crippen molar-refractivity contribution in [1.82, 2.24) is 15.0 Å². The Labute approximate surface area is 148 Å². The first-order chi connectivity index (χ1) is 12.5. The van der Waals surface area contributed by atoms with Gasteiger partial charge in [-0.25, -0.2) is 13.4 Å². The lowest BCUT2D eigenvalue weighted by Gasteiger charge is -2.06. The number of aromatic amines is 1. The molecule has 4 aromatic rings. The summed E-state index contributed by atoms with van der Waals surface area (Å²) < 4.78 is 30.1. The van der Waals surface area contributed by atoms with Crippen molar-refractivity contribution in [1.29, 1.82) is 0 Å². The number of nitrogens with one attached hydrogen (secondary N) is 1. The smallest absolute Gasteiger partial charge is 0.327 e. The molecule has 1 N–H and O–H groups in total. The number of hydrogen-bond donors (Lipinski definition) is 1. The molecule has 0 unspecified atom stereocenters. The molecule has 0 aliphatic heterocycles. The van der Waals surface area contributed by atoms with Gasteiger partial charge in [0.15, 0.2) is 11.5 Å². The van der Waals surface area contributed by atoms with Gasteiger partial charge in [0.2, 0.25) is 15.0 Å². The van der Waals surface area contributed by atoms with E-state index in [0.717, 1.165) is 5.39 Å². The third kappa shape index (κ3) is 3.02. The molecule has 2 heterocycles. The maximum absolute atomic E-state index is 12.5. The van der Waals surface area contributed by atoms with Crippen LogP contribution in [0.2, 0.25) is 0 Å². The molecule has 4 rings (SSSR count). The Morgan fingerprint density at radius 2 is 1.85 bits per heavy atom. The molecule has 26 heavy (non-hydrogen) atoms. The van der Waals surface area contributed by atoms with Crippen LogP contribution in [0.5, 0.6) is 5.75 Å². The maximum Gasteiger partial charge on any atom is 0.327 e. The van der Waals surface area contributed by atoms with Crippen LogP contribution in [0.1, 0.15) is 0 Å². The van der Waals surface area contributed by atoms with Gasteiger partial charge >= 0.3 is 5.97 Å². The zero-order valence-corrected chi connectivity index (χ0v) is 14.2. The number of esters is 1. The molecule has 0 radical (unpaired) electrons. The van der Waals surface area contributed by atoms with E-state index < -0.39 is 21.6 Å². The molecule has 0 aliphatic rings. The van der Waals surface area contributed by atoms with Crippen molar-refractivity contribution in [2.24, 2.45) is 0 Å². The fraction of sp³-hybridized carbons (Fsp3) is 0.0556. The molecule has 0 bridgehead atoms.